The van der Waals surface area contributed by atoms with Gasteiger partial charge in [0.2, 0.25) is 0 Å². The van der Waals surface area contributed by atoms with Crippen molar-refractivity contribution in [3.8, 4) is 43.7 Å². The summed E-state index contributed by atoms with van der Waals surface area (Å²) >= 11 is 3.44. The molecule has 6 aromatic heterocycles. The average molecular weight is 1990 g/mol. The van der Waals surface area contributed by atoms with Gasteiger partial charge in [-0.1, -0.05) is 90.0 Å². The third-order valence-corrected chi connectivity index (χ3v) is 12.3. The minimum absolute atomic E-state index is 0. The second kappa shape index (κ2) is 46.1. The molecule has 0 spiro atoms. The molecule has 0 saturated heterocycles. The Balaban J connectivity index is 0.00000104. The molecule has 0 aliphatic heterocycles. The van der Waals surface area contributed by atoms with Gasteiger partial charge < -0.3 is 35.4 Å². The van der Waals surface area contributed by atoms with Gasteiger partial charge in [0.05, 0.1) is 22.8 Å². The van der Waals surface area contributed by atoms with Crippen molar-refractivity contribution in [3.63, 3.8) is 0 Å². The summed E-state index contributed by atoms with van der Waals surface area (Å²) in [5, 5.41) is 35.6. The summed E-state index contributed by atoms with van der Waals surface area (Å²) in [7, 11) is 0. The van der Waals surface area contributed by atoms with Crippen LogP contribution in [0.25, 0.3) is 64.0 Å². The molecule has 0 unspecified atom stereocenters. The van der Waals surface area contributed by atoms with Crippen LogP contribution < -0.4 is 0 Å². The molecule has 5 aromatic carbocycles. The number of nitrogens with zero attached hydrogens (tertiary/aromatic N) is 5. The third kappa shape index (κ3) is 32.8. The Morgan fingerprint density at radius 3 is 1.22 bits per heavy atom. The Morgan fingerprint density at radius 1 is 0.457 bits per heavy atom. The first kappa shape index (κ1) is 84.0. The van der Waals surface area contributed by atoms with Crippen LogP contribution in [0.4, 0.5) is 17.6 Å². The van der Waals surface area contributed by atoms with Crippen LogP contribution in [-0.2, 0) is 94.8 Å². The van der Waals surface area contributed by atoms with Gasteiger partial charge >= 0.3 is 5.97 Å². The number of carbonyl (C=O) groups excluding carboxylic acids is 3. The summed E-state index contributed by atoms with van der Waals surface area (Å²) in [6, 6.07) is 60.7. The topological polar surface area (TPSA) is 214 Å². The number of allylic oxidation sites excluding steroid dienone is 6. The fourth-order valence-electron chi connectivity index (χ4n) is 6.72. The van der Waals surface area contributed by atoms with E-state index >= 15 is 0 Å². The summed E-state index contributed by atoms with van der Waals surface area (Å²) < 4.78 is 54.1. The van der Waals surface area contributed by atoms with Gasteiger partial charge in [-0.25, -0.2) is 21.1 Å². The number of aliphatic hydroxyl groups excluding tert-OH is 3. The van der Waals surface area contributed by atoms with Crippen LogP contribution in [0.5, 0.6) is 0 Å². The number of thiophene rings is 1. The number of halogens is 4. The van der Waals surface area contributed by atoms with Crippen molar-refractivity contribution in [1.29, 1.82) is 0 Å². The van der Waals surface area contributed by atoms with Gasteiger partial charge in [-0.2, -0.15) is 11.3 Å². The normalized spacial score (nSPS) is 10.0. The maximum atomic E-state index is 13.2. The molecule has 0 saturated carbocycles. The smallest absolute Gasteiger partial charge is 0.354 e. The van der Waals surface area contributed by atoms with Crippen molar-refractivity contribution in [1.82, 2.24) is 24.9 Å². The number of ketones is 3. The summed E-state index contributed by atoms with van der Waals surface area (Å²) in [6.07, 6.45) is 9.86. The standard InChI is InChI=1S/2C13H8NS.2C11H6F2N.C6H5NO2.3C5H8O2.4Ir/c1-2-7-12-10(5-1)9-13(15-12)11-6-3-4-8-14-11;1-2-6-10(7-3-1)13-14-11-8-4-5-9-12(11)15-13;2*12-8-4-5-9(10(13)7-8)11-3-1-2-6-14-11;8-6(9)5-3-1-2-4-7-5;3*1-4(6)3-5(2)7;;;;/h1-8H;1-6,8-9H;2*1-4,6-7H;1-4H,(H,8,9);3*3,6H,1-2H3;;;;/q4*-1;;;;;;;;. The van der Waals surface area contributed by atoms with E-state index in [1.54, 1.807) is 83.6 Å². The number of aliphatic hydroxyl groups is 3. The molecule has 23 heteroatoms. The number of aromatic nitrogens is 5. The zero-order valence-corrected chi connectivity index (χ0v) is 60.7. The maximum Gasteiger partial charge on any atom is 0.354 e. The van der Waals surface area contributed by atoms with E-state index in [9.17, 15) is 36.7 Å². The van der Waals surface area contributed by atoms with Crippen molar-refractivity contribution >= 4 is 66.3 Å². The number of thiazole rings is 1. The number of fused-ring (bicyclic) bond motifs is 2. The molecular formula is C69H57F4Ir4N5O8S2-4. The van der Waals surface area contributed by atoms with Crippen LogP contribution >= 0.6 is 22.7 Å². The SMILES string of the molecule is CC(=O)C=C(C)O.CC(=O)C=C(C)O.CC(=O)C=C(C)O.Fc1c[c-]c(-c2ccccn2)c(F)c1.Fc1c[c-]c(-c2ccccn2)c(F)c1.O=C(O)c1ccccn1.[Ir].[Ir].[Ir].[Ir].[c-]1c(-c2ccccn2)sc2ccccc12.[c-]1ccccc1-c1nc2ccccc2s1. The summed E-state index contributed by atoms with van der Waals surface area (Å²) in [5.74, 6) is -3.75. The van der Waals surface area contributed by atoms with E-state index in [-0.39, 0.29) is 132 Å². The molecule has 4 N–H and O–H groups in total. The van der Waals surface area contributed by atoms with Crippen molar-refractivity contribution < 1.29 is 138 Å². The van der Waals surface area contributed by atoms with Crippen molar-refractivity contribution in [2.45, 2.75) is 41.5 Å². The molecule has 0 atom stereocenters. The second-order valence-corrected chi connectivity index (χ2v) is 19.8. The third-order valence-electron chi connectivity index (χ3n) is 10.2. The number of pyridine rings is 4. The van der Waals surface area contributed by atoms with Crippen LogP contribution in [-0.4, -0.2) is 68.7 Å². The number of aromatic carboxylic acids is 1. The van der Waals surface area contributed by atoms with Crippen LogP contribution in [0.1, 0.15) is 52.0 Å². The fourth-order valence-corrected chi connectivity index (χ4v) is 8.66. The van der Waals surface area contributed by atoms with Crippen LogP contribution in [0.3, 0.4) is 0 Å². The van der Waals surface area contributed by atoms with Gasteiger partial charge in [-0.05, 0) is 105 Å². The molecule has 0 fully saturated rings. The Hall–Kier alpha value is -8.03. The molecule has 13 nitrogen and oxygen atoms in total. The van der Waals surface area contributed by atoms with Gasteiger partial charge in [-0.3, -0.25) is 36.9 Å². The van der Waals surface area contributed by atoms with Crippen LogP contribution in [0.2, 0.25) is 0 Å². The Morgan fingerprint density at radius 2 is 0.870 bits per heavy atom. The predicted molar refractivity (Wildman–Crippen MR) is 337 cm³/mol. The van der Waals surface area contributed by atoms with E-state index < -0.39 is 29.2 Å². The number of rotatable bonds is 8. The van der Waals surface area contributed by atoms with Gasteiger partial charge in [0.25, 0.3) is 0 Å². The molecular weight excluding hydrogens is 1940 g/mol. The molecule has 11 rings (SSSR count). The summed E-state index contributed by atoms with van der Waals surface area (Å²) in [5.41, 5.74) is 4.48. The van der Waals surface area contributed by atoms with Crippen molar-refractivity contribution in [2.24, 2.45) is 0 Å². The number of benzene rings is 5. The van der Waals surface area contributed by atoms with E-state index in [0.29, 0.717) is 11.4 Å². The first-order valence-corrected chi connectivity index (χ1v) is 27.7. The molecule has 0 bridgehead atoms. The maximum absolute atomic E-state index is 13.2. The van der Waals surface area contributed by atoms with Crippen LogP contribution in [0, 0.1) is 47.5 Å². The zero-order chi connectivity index (χ0) is 64.4. The molecule has 0 aliphatic carbocycles. The molecule has 486 valence electrons. The second-order valence-electron chi connectivity index (χ2n) is 17.8. The van der Waals surface area contributed by atoms with Crippen molar-refractivity contribution in [3.05, 3.63) is 283 Å². The van der Waals surface area contributed by atoms with E-state index in [2.05, 4.69) is 73.5 Å². The van der Waals surface area contributed by atoms with Gasteiger partial charge in [0.1, 0.15) is 5.69 Å². The molecule has 92 heavy (non-hydrogen) atoms. The Kier molecular flexibility index (Phi) is 42.1. The molecule has 0 aliphatic rings. The first-order valence-electron chi connectivity index (χ1n) is 26.1. The first-order chi connectivity index (χ1) is 42.1. The largest absolute Gasteiger partial charge is 0.512 e. The minimum Gasteiger partial charge on any atom is -0.512 e. The van der Waals surface area contributed by atoms with E-state index in [4.69, 9.17) is 20.4 Å². The van der Waals surface area contributed by atoms with Gasteiger partial charge in [-0.15, -0.1) is 83.7 Å². The number of hydrogen-bond acceptors (Lipinski definition) is 14. The molecule has 11 aromatic rings. The molecule has 6 heterocycles. The number of para-hydroxylation sites is 1. The number of hydrogen-bond donors (Lipinski definition) is 4. The van der Waals surface area contributed by atoms with Gasteiger partial charge in [0, 0.05) is 162 Å². The zero-order valence-electron chi connectivity index (χ0n) is 49.5. The van der Waals surface area contributed by atoms with Crippen molar-refractivity contribution in [2.75, 3.05) is 0 Å². The van der Waals surface area contributed by atoms with Gasteiger partial charge in [0.15, 0.2) is 17.3 Å². The van der Waals surface area contributed by atoms with E-state index in [1.807, 2.05) is 72.9 Å². The minimum atomic E-state index is -0.990. The average Bonchev–Trinajstić information content (AvgIpc) is 1.63. The number of carboxylic acid groups (broad SMARTS) is 1. The molecule has 4 radical (unpaired) electrons. The molecule has 0 amide bonds. The number of carbonyl (C=O) groups is 4. The predicted octanol–water partition coefficient (Wildman–Crippen LogP) is 17.1. The number of carboxylic acids is 1. The fraction of sp³-hybridized carbons (Fsp3) is 0.0870. The van der Waals surface area contributed by atoms with E-state index in [1.165, 1.54) is 86.8 Å². The summed E-state index contributed by atoms with van der Waals surface area (Å²) in [4.78, 5) is 61.7. The Bertz CT molecular complexity index is 3740. The monoisotopic (exact) mass is 2000 g/mol. The quantitative estimate of drug-likeness (QED) is 0.0483. The summed E-state index contributed by atoms with van der Waals surface area (Å²) in [6.45, 7) is 8.54. The Labute approximate surface area is 592 Å². The van der Waals surface area contributed by atoms with Crippen LogP contribution in [0.15, 0.2) is 230 Å². The van der Waals surface area contributed by atoms with E-state index in [0.717, 1.165) is 50.9 Å².